The topological polar surface area (TPSA) is 53.9 Å². The fourth-order valence-corrected chi connectivity index (χ4v) is 2.57. The summed E-state index contributed by atoms with van der Waals surface area (Å²) in [5, 5.41) is 3.64. The number of hydrogen-bond acceptors (Lipinski definition) is 2. The molecular weight excluding hydrogens is 313 g/mol. The van der Waals surface area contributed by atoms with Crippen LogP contribution in [0.4, 0.5) is 4.79 Å². The van der Waals surface area contributed by atoms with E-state index in [0.717, 1.165) is 10.5 Å². The number of urea groups is 1. The first-order chi connectivity index (χ1) is 9.90. The van der Waals surface area contributed by atoms with Crippen LogP contribution in [0.5, 0.6) is 0 Å². The fourth-order valence-electron chi connectivity index (χ4n) is 2.25. The standard InChI is InChI=1S/C14H17Cl2N3O2/c1-9(13(20)19-6-5-17-14(19)21)18(2)8-10-3-4-11(15)12(16)7-10/h3-4,7,9H,5-6,8H2,1-2H3,(H,17,21)/p+1/t9-/m0/s1. The Balaban J connectivity index is 2.01. The molecule has 5 nitrogen and oxygen atoms in total. The van der Waals surface area contributed by atoms with Crippen molar-refractivity contribution in [3.8, 4) is 0 Å². The number of carbonyl (C=O) groups is 2. The molecule has 1 unspecified atom stereocenters. The van der Waals surface area contributed by atoms with Gasteiger partial charge in [-0.1, -0.05) is 29.3 Å². The minimum absolute atomic E-state index is 0.164. The Morgan fingerprint density at radius 1 is 1.43 bits per heavy atom. The minimum Gasteiger partial charge on any atom is -0.336 e. The summed E-state index contributed by atoms with van der Waals surface area (Å²) in [4.78, 5) is 26.1. The number of nitrogens with one attached hydrogen (secondary N) is 2. The van der Waals surface area contributed by atoms with Crippen LogP contribution >= 0.6 is 23.2 Å². The fraction of sp³-hybridized carbons (Fsp3) is 0.429. The van der Waals surface area contributed by atoms with E-state index in [1.807, 2.05) is 20.0 Å². The summed E-state index contributed by atoms with van der Waals surface area (Å²) in [5.74, 6) is -0.164. The lowest BCUT2D eigenvalue weighted by molar-refractivity contribution is -0.908. The number of carbonyl (C=O) groups excluding carboxylic acids is 2. The maximum Gasteiger partial charge on any atom is 0.324 e. The molecule has 0 saturated carbocycles. The normalized spacial score (nSPS) is 17.5. The van der Waals surface area contributed by atoms with Crippen LogP contribution in [0.2, 0.25) is 10.0 Å². The van der Waals surface area contributed by atoms with E-state index in [1.54, 1.807) is 12.1 Å². The molecular formula is C14H18Cl2N3O2+. The first kappa shape index (κ1) is 16.1. The van der Waals surface area contributed by atoms with E-state index in [0.29, 0.717) is 29.7 Å². The first-order valence-electron chi connectivity index (χ1n) is 6.75. The Morgan fingerprint density at radius 3 is 2.71 bits per heavy atom. The van der Waals surface area contributed by atoms with Gasteiger partial charge in [-0.2, -0.15) is 0 Å². The highest BCUT2D eigenvalue weighted by atomic mass is 35.5. The molecule has 114 valence electrons. The molecule has 0 aliphatic carbocycles. The SMILES string of the molecule is C[C@@H](C(=O)N1CCNC1=O)[NH+](C)Cc1ccc(Cl)c(Cl)c1. The van der Waals surface area contributed by atoms with Crippen molar-refractivity contribution in [2.24, 2.45) is 0 Å². The monoisotopic (exact) mass is 330 g/mol. The van der Waals surface area contributed by atoms with Crippen molar-refractivity contribution in [1.82, 2.24) is 10.2 Å². The van der Waals surface area contributed by atoms with Crippen LogP contribution < -0.4 is 10.2 Å². The predicted molar refractivity (Wildman–Crippen MR) is 81.6 cm³/mol. The molecule has 2 N–H and O–H groups in total. The summed E-state index contributed by atoms with van der Waals surface area (Å²) in [7, 11) is 1.92. The summed E-state index contributed by atoms with van der Waals surface area (Å²) in [5.41, 5.74) is 0.993. The quantitative estimate of drug-likeness (QED) is 0.863. The highest BCUT2D eigenvalue weighted by Gasteiger charge is 2.33. The van der Waals surface area contributed by atoms with Crippen LogP contribution in [0.1, 0.15) is 12.5 Å². The van der Waals surface area contributed by atoms with E-state index in [9.17, 15) is 9.59 Å². The Labute approximate surface area is 133 Å². The third kappa shape index (κ3) is 3.67. The summed E-state index contributed by atoms with van der Waals surface area (Å²) in [6.45, 7) is 3.39. The maximum atomic E-state index is 12.3. The van der Waals surface area contributed by atoms with E-state index in [1.165, 1.54) is 4.90 Å². The molecule has 2 rings (SSSR count). The van der Waals surface area contributed by atoms with Gasteiger partial charge in [0.25, 0.3) is 5.91 Å². The molecule has 7 heteroatoms. The smallest absolute Gasteiger partial charge is 0.324 e. The number of quaternary nitrogens is 1. The number of amides is 3. The molecule has 0 bridgehead atoms. The van der Waals surface area contributed by atoms with Gasteiger partial charge in [-0.3, -0.25) is 9.69 Å². The lowest BCUT2D eigenvalue weighted by Crippen LogP contribution is -3.12. The second kappa shape index (κ2) is 6.64. The van der Waals surface area contributed by atoms with Gasteiger partial charge in [0.2, 0.25) is 0 Å². The molecule has 0 spiro atoms. The summed E-state index contributed by atoms with van der Waals surface area (Å²) < 4.78 is 0. The van der Waals surface area contributed by atoms with Gasteiger partial charge in [-0.15, -0.1) is 0 Å². The van der Waals surface area contributed by atoms with Gasteiger partial charge in [-0.25, -0.2) is 4.79 Å². The van der Waals surface area contributed by atoms with Gasteiger partial charge >= 0.3 is 6.03 Å². The minimum atomic E-state index is -0.316. The Morgan fingerprint density at radius 2 is 2.14 bits per heavy atom. The number of hydrogen-bond donors (Lipinski definition) is 2. The maximum absolute atomic E-state index is 12.3. The van der Waals surface area contributed by atoms with Crippen LogP contribution in [0.25, 0.3) is 0 Å². The van der Waals surface area contributed by atoms with Crippen LogP contribution in [-0.4, -0.2) is 43.0 Å². The molecule has 21 heavy (non-hydrogen) atoms. The molecule has 1 fully saturated rings. The summed E-state index contributed by atoms with van der Waals surface area (Å²) in [6.07, 6.45) is 0. The summed E-state index contributed by atoms with van der Waals surface area (Å²) >= 11 is 11.9. The molecule has 1 aliphatic heterocycles. The van der Waals surface area contributed by atoms with Crippen molar-refractivity contribution in [2.75, 3.05) is 20.1 Å². The van der Waals surface area contributed by atoms with Crippen LogP contribution in [0.15, 0.2) is 18.2 Å². The second-order valence-electron chi connectivity index (χ2n) is 5.22. The lowest BCUT2D eigenvalue weighted by Gasteiger charge is -2.24. The third-order valence-corrected chi connectivity index (χ3v) is 4.44. The zero-order chi connectivity index (χ0) is 15.6. The number of nitrogens with zero attached hydrogens (tertiary/aromatic N) is 1. The molecule has 0 aromatic heterocycles. The van der Waals surface area contributed by atoms with Crippen molar-refractivity contribution in [1.29, 1.82) is 0 Å². The number of benzene rings is 1. The Kier molecular flexibility index (Phi) is 5.08. The number of halogens is 2. The highest BCUT2D eigenvalue weighted by molar-refractivity contribution is 6.42. The van der Waals surface area contributed by atoms with Gasteiger partial charge in [0.1, 0.15) is 6.54 Å². The second-order valence-corrected chi connectivity index (χ2v) is 6.03. The first-order valence-corrected chi connectivity index (χ1v) is 7.51. The average Bonchev–Trinajstić information content (AvgIpc) is 2.87. The van der Waals surface area contributed by atoms with Gasteiger partial charge in [0.05, 0.1) is 17.1 Å². The van der Waals surface area contributed by atoms with Gasteiger partial charge in [0.15, 0.2) is 6.04 Å². The molecule has 1 saturated heterocycles. The molecule has 3 amide bonds. The Hall–Kier alpha value is -1.30. The third-order valence-electron chi connectivity index (χ3n) is 3.70. The molecule has 0 radical (unpaired) electrons. The van der Waals surface area contributed by atoms with Gasteiger partial charge in [-0.05, 0) is 19.1 Å². The van der Waals surface area contributed by atoms with E-state index in [2.05, 4.69) is 5.32 Å². The molecule has 1 aromatic carbocycles. The molecule has 1 aromatic rings. The van der Waals surface area contributed by atoms with Crippen molar-refractivity contribution >= 4 is 35.1 Å². The van der Waals surface area contributed by atoms with Crippen molar-refractivity contribution in [3.63, 3.8) is 0 Å². The van der Waals surface area contributed by atoms with Crippen molar-refractivity contribution in [2.45, 2.75) is 19.5 Å². The largest absolute Gasteiger partial charge is 0.336 e. The molecule has 2 atom stereocenters. The van der Waals surface area contributed by atoms with Crippen LogP contribution in [0.3, 0.4) is 0 Å². The van der Waals surface area contributed by atoms with Crippen LogP contribution in [0, 0.1) is 0 Å². The van der Waals surface area contributed by atoms with Gasteiger partial charge < -0.3 is 10.2 Å². The average molecular weight is 331 g/mol. The van der Waals surface area contributed by atoms with Crippen molar-refractivity contribution < 1.29 is 14.5 Å². The van der Waals surface area contributed by atoms with E-state index in [4.69, 9.17) is 23.2 Å². The summed E-state index contributed by atoms with van der Waals surface area (Å²) in [6, 6.07) is 4.80. The zero-order valence-electron chi connectivity index (χ0n) is 12.0. The lowest BCUT2D eigenvalue weighted by atomic mass is 10.2. The zero-order valence-corrected chi connectivity index (χ0v) is 13.5. The van der Waals surface area contributed by atoms with E-state index >= 15 is 0 Å². The van der Waals surface area contributed by atoms with Crippen molar-refractivity contribution in [3.05, 3.63) is 33.8 Å². The van der Waals surface area contributed by atoms with Gasteiger partial charge in [0, 0.05) is 18.7 Å². The molecule has 1 heterocycles. The Bertz CT molecular complexity index is 565. The van der Waals surface area contributed by atoms with E-state index in [-0.39, 0.29) is 18.0 Å². The number of rotatable bonds is 4. The number of imide groups is 1. The number of likely N-dealkylation sites (N-methyl/N-ethyl adjacent to an activating group) is 1. The highest BCUT2D eigenvalue weighted by Crippen LogP contribution is 2.22. The predicted octanol–water partition coefficient (Wildman–Crippen LogP) is 0.948. The van der Waals surface area contributed by atoms with Crippen LogP contribution in [-0.2, 0) is 11.3 Å². The van der Waals surface area contributed by atoms with E-state index < -0.39 is 0 Å². The molecule has 1 aliphatic rings.